The third-order valence-electron chi connectivity index (χ3n) is 3.00. The van der Waals surface area contributed by atoms with Crippen molar-refractivity contribution in [3.8, 4) is 0 Å². The van der Waals surface area contributed by atoms with Crippen molar-refractivity contribution in [3.05, 3.63) is 46.4 Å². The molecule has 0 radical (unpaired) electrons. The van der Waals surface area contributed by atoms with E-state index in [2.05, 4.69) is 42.9 Å². The van der Waals surface area contributed by atoms with Gasteiger partial charge in [-0.15, -0.1) is 7.92 Å². The van der Waals surface area contributed by atoms with Gasteiger partial charge in [0.25, 0.3) is 0 Å². The second kappa shape index (κ2) is 23.3. The molecular formula is C20H37PPt. The van der Waals surface area contributed by atoms with Crippen molar-refractivity contribution >= 4 is 7.92 Å². The fourth-order valence-electron chi connectivity index (χ4n) is 1.67. The molecule has 0 aliphatic carbocycles. The molecule has 0 atom stereocenters. The fourth-order valence-corrected chi connectivity index (χ4v) is 6.01. The topological polar surface area (TPSA) is 0 Å². The van der Waals surface area contributed by atoms with Crippen LogP contribution in [-0.4, -0.2) is 18.5 Å². The Kier molecular flexibility index (Phi) is 25.8. The molecule has 0 fully saturated rings. The molecule has 2 heteroatoms. The minimum atomic E-state index is 0.0998. The van der Waals surface area contributed by atoms with E-state index < -0.39 is 0 Å². The number of unbranched alkanes of at least 4 members (excludes halogenated alkanes) is 3. The summed E-state index contributed by atoms with van der Waals surface area (Å²) in [4.78, 5) is 0. The number of allylic oxidation sites excluding steroid dienone is 4. The second-order valence-electron chi connectivity index (χ2n) is 5.07. The van der Waals surface area contributed by atoms with Crippen LogP contribution in [0.3, 0.4) is 0 Å². The molecule has 0 nitrogen and oxygen atoms in total. The van der Waals surface area contributed by atoms with E-state index in [1.807, 2.05) is 12.2 Å². The van der Waals surface area contributed by atoms with Gasteiger partial charge < -0.3 is 0 Å². The first-order valence-corrected chi connectivity index (χ1v) is 13.1. The van der Waals surface area contributed by atoms with Gasteiger partial charge in [0.05, 0.1) is 0 Å². The van der Waals surface area contributed by atoms with Crippen LogP contribution in [0.25, 0.3) is 0 Å². The van der Waals surface area contributed by atoms with Crippen LogP contribution >= 0.6 is 7.92 Å². The van der Waals surface area contributed by atoms with Crippen molar-refractivity contribution in [1.29, 1.82) is 0 Å². The summed E-state index contributed by atoms with van der Waals surface area (Å²) in [5.74, 6) is 0. The minimum absolute atomic E-state index is 0.0998. The first-order chi connectivity index (χ1) is 10.8. The van der Waals surface area contributed by atoms with Crippen molar-refractivity contribution < 1.29 is 18.6 Å². The quantitative estimate of drug-likeness (QED) is 0.182. The molecule has 0 aromatic carbocycles. The monoisotopic (exact) mass is 503 g/mol. The molecule has 0 aliphatic heterocycles. The summed E-state index contributed by atoms with van der Waals surface area (Å²) in [6, 6.07) is 0. The zero-order valence-electron chi connectivity index (χ0n) is 15.0. The maximum atomic E-state index is 3.57. The van der Waals surface area contributed by atoms with Gasteiger partial charge in [-0.25, -0.2) is 0 Å². The Morgan fingerprint density at radius 2 is 1.09 bits per heavy atom. The normalized spacial score (nSPS) is 11.1. The average molecular weight is 504 g/mol. The molecular weight excluding hydrogens is 466 g/mol. The van der Waals surface area contributed by atoms with Crippen LogP contribution in [0, 0.1) is 0 Å². The summed E-state index contributed by atoms with van der Waals surface area (Å²) in [7, 11) is 0.422. The zero-order valence-corrected chi connectivity index (χ0v) is 18.2. The van der Waals surface area contributed by atoms with Crippen molar-refractivity contribution in [2.45, 2.75) is 59.3 Å². The molecule has 0 aliphatic rings. The van der Waals surface area contributed by atoms with Crippen LogP contribution in [0.2, 0.25) is 0 Å². The van der Waals surface area contributed by atoms with Crippen LogP contribution in [-0.2, 0) is 18.6 Å². The molecule has 0 N–H and O–H groups in total. The number of hydrogen-bond donors (Lipinski definition) is 0. The van der Waals surface area contributed by atoms with Crippen LogP contribution in [0.15, 0.2) is 46.4 Å². The molecule has 0 saturated carbocycles. The fraction of sp³-hybridized carbons (Fsp3) is 0.600. The first-order valence-electron chi connectivity index (χ1n) is 8.58. The molecule has 0 aromatic rings. The zero-order chi connectivity index (χ0) is 16.9. The SMILES string of the molecule is C=CC=[CH][Pt][CH]=CC=C.CCCCP(CCCC)CCCC. The molecule has 0 amide bonds. The molecule has 132 valence electrons. The molecule has 0 saturated heterocycles. The Balaban J connectivity index is 0. The molecule has 0 heterocycles. The van der Waals surface area contributed by atoms with Crippen molar-refractivity contribution in [1.82, 2.24) is 0 Å². The predicted molar refractivity (Wildman–Crippen MR) is 105 cm³/mol. The summed E-state index contributed by atoms with van der Waals surface area (Å²) >= 11 is 0.0998. The molecule has 0 bridgehead atoms. The summed E-state index contributed by atoms with van der Waals surface area (Å²) < 4.78 is 4.29. The average Bonchev–Trinajstić information content (AvgIpc) is 2.55. The van der Waals surface area contributed by atoms with Crippen LogP contribution in [0.1, 0.15) is 59.3 Å². The Bertz CT molecular complexity index is 246. The van der Waals surface area contributed by atoms with Gasteiger partial charge in [0.2, 0.25) is 0 Å². The molecule has 0 rings (SSSR count). The largest absolute Gasteiger partial charge is 0.107 e. The standard InChI is InChI=1S/C12H27P.2C4H5.Pt/c1-4-7-10-13(11-8-5-2)12-9-6-3;2*1-3-4-2;/h4-12H2,1-3H3;2*1,3-4H,2H2;. The minimum Gasteiger partial charge on any atom is -0.107 e. The van der Waals surface area contributed by atoms with Crippen LogP contribution in [0.5, 0.6) is 0 Å². The van der Waals surface area contributed by atoms with E-state index >= 15 is 0 Å². The van der Waals surface area contributed by atoms with Gasteiger partial charge in [0, 0.05) is 0 Å². The van der Waals surface area contributed by atoms with E-state index in [9.17, 15) is 0 Å². The van der Waals surface area contributed by atoms with E-state index in [1.54, 1.807) is 30.6 Å². The molecule has 0 spiro atoms. The Hall–Kier alpha value is 0.0783. The van der Waals surface area contributed by atoms with Crippen LogP contribution < -0.4 is 0 Å². The third kappa shape index (κ3) is 22.4. The maximum absolute atomic E-state index is 3.57. The van der Waals surface area contributed by atoms with Gasteiger partial charge in [-0.05, 0) is 37.7 Å². The maximum Gasteiger partial charge on any atom is -0.0326 e. The van der Waals surface area contributed by atoms with Crippen molar-refractivity contribution in [2.24, 2.45) is 0 Å². The van der Waals surface area contributed by atoms with Crippen LogP contribution in [0.4, 0.5) is 0 Å². The van der Waals surface area contributed by atoms with Gasteiger partial charge in [-0.3, -0.25) is 0 Å². The van der Waals surface area contributed by atoms with E-state index in [4.69, 9.17) is 0 Å². The van der Waals surface area contributed by atoms with Crippen molar-refractivity contribution in [3.63, 3.8) is 0 Å². The number of hydrogen-bond acceptors (Lipinski definition) is 0. The van der Waals surface area contributed by atoms with Gasteiger partial charge in [0.1, 0.15) is 0 Å². The van der Waals surface area contributed by atoms with Gasteiger partial charge >= 0.3 is 65.0 Å². The van der Waals surface area contributed by atoms with Gasteiger partial charge in [-0.2, -0.15) is 0 Å². The summed E-state index contributed by atoms with van der Waals surface area (Å²) in [5.41, 5.74) is 0. The first kappa shape index (κ1) is 24.3. The van der Waals surface area contributed by atoms with E-state index in [0.29, 0.717) is 7.92 Å². The number of rotatable bonds is 13. The predicted octanol–water partition coefficient (Wildman–Crippen LogP) is 7.34. The Morgan fingerprint density at radius 3 is 1.36 bits per heavy atom. The van der Waals surface area contributed by atoms with Gasteiger partial charge in [0.15, 0.2) is 0 Å². The second-order valence-corrected chi connectivity index (χ2v) is 10.0. The van der Waals surface area contributed by atoms with Gasteiger partial charge in [-0.1, -0.05) is 40.0 Å². The van der Waals surface area contributed by atoms with Crippen molar-refractivity contribution in [2.75, 3.05) is 18.5 Å². The molecule has 22 heavy (non-hydrogen) atoms. The Labute approximate surface area is 150 Å². The summed E-state index contributed by atoms with van der Waals surface area (Å²) in [5, 5.41) is 0. The van der Waals surface area contributed by atoms with E-state index in [0.717, 1.165) is 0 Å². The third-order valence-corrected chi connectivity index (χ3v) is 7.59. The molecule has 0 aromatic heterocycles. The van der Waals surface area contributed by atoms with E-state index in [1.165, 1.54) is 38.5 Å². The summed E-state index contributed by atoms with van der Waals surface area (Å²) in [6.45, 7) is 14.1. The van der Waals surface area contributed by atoms with E-state index in [-0.39, 0.29) is 18.6 Å². The summed E-state index contributed by atoms with van der Waals surface area (Å²) in [6.07, 6.45) is 20.7. The molecule has 0 unspecified atom stereocenters. The smallest absolute Gasteiger partial charge is 0.0326 e. The Morgan fingerprint density at radius 1 is 0.727 bits per heavy atom.